The molecule has 2 nitrogen and oxygen atoms in total. The maximum absolute atomic E-state index is 13.0. The molecule has 21 heavy (non-hydrogen) atoms. The molecule has 3 fully saturated rings. The molecule has 3 aliphatic rings. The van der Waals surface area contributed by atoms with E-state index in [-0.39, 0.29) is 5.82 Å². The molecule has 0 unspecified atom stereocenters. The summed E-state index contributed by atoms with van der Waals surface area (Å²) < 4.78 is 13.0. The van der Waals surface area contributed by atoms with E-state index in [0.29, 0.717) is 0 Å². The van der Waals surface area contributed by atoms with Crippen LogP contribution in [-0.2, 0) is 6.54 Å². The van der Waals surface area contributed by atoms with Crippen LogP contribution < -0.4 is 9.80 Å². The van der Waals surface area contributed by atoms with Crippen molar-refractivity contribution in [2.75, 3.05) is 26.2 Å². The van der Waals surface area contributed by atoms with Crippen molar-refractivity contribution in [3.63, 3.8) is 0 Å². The van der Waals surface area contributed by atoms with Crippen LogP contribution in [0.4, 0.5) is 4.39 Å². The van der Waals surface area contributed by atoms with Gasteiger partial charge in [-0.05, 0) is 37.3 Å². The fourth-order valence-corrected chi connectivity index (χ4v) is 5.11. The monoisotopic (exact) mass is 290 g/mol. The van der Waals surface area contributed by atoms with E-state index in [1.807, 2.05) is 17.0 Å². The van der Waals surface area contributed by atoms with E-state index in [2.05, 4.69) is 0 Å². The van der Waals surface area contributed by atoms with Gasteiger partial charge in [0.1, 0.15) is 38.5 Å². The first-order valence-electron chi connectivity index (χ1n) is 8.70. The second kappa shape index (κ2) is 5.69. The Hall–Kier alpha value is -0.930. The van der Waals surface area contributed by atoms with Gasteiger partial charge < -0.3 is 9.80 Å². The fourth-order valence-electron chi connectivity index (χ4n) is 5.11. The van der Waals surface area contributed by atoms with Crippen LogP contribution in [0.2, 0.25) is 0 Å². The Balaban J connectivity index is 1.29. The highest BCUT2D eigenvalue weighted by atomic mass is 19.1. The minimum Gasteiger partial charge on any atom is -0.323 e. The van der Waals surface area contributed by atoms with E-state index in [0.717, 1.165) is 24.4 Å². The van der Waals surface area contributed by atoms with Crippen molar-refractivity contribution >= 4 is 0 Å². The number of halogens is 1. The Morgan fingerprint density at radius 2 is 1.71 bits per heavy atom. The largest absolute Gasteiger partial charge is 0.323 e. The summed E-state index contributed by atoms with van der Waals surface area (Å²) >= 11 is 0. The van der Waals surface area contributed by atoms with Gasteiger partial charge in [-0.3, -0.25) is 0 Å². The Kier molecular flexibility index (Phi) is 3.72. The number of piperazine rings is 1. The van der Waals surface area contributed by atoms with Crippen LogP contribution in [0.5, 0.6) is 0 Å². The average Bonchev–Trinajstić information content (AvgIpc) is 3.13. The van der Waals surface area contributed by atoms with Crippen LogP contribution in [0.1, 0.15) is 31.2 Å². The fraction of sp³-hybridized carbons (Fsp3) is 0.667. The van der Waals surface area contributed by atoms with Gasteiger partial charge in [-0.1, -0.05) is 12.1 Å². The molecule has 2 saturated carbocycles. The van der Waals surface area contributed by atoms with Crippen molar-refractivity contribution in [2.24, 2.45) is 11.8 Å². The molecule has 0 radical (unpaired) electrons. The van der Waals surface area contributed by atoms with Crippen molar-refractivity contribution < 1.29 is 14.2 Å². The van der Waals surface area contributed by atoms with Crippen LogP contribution >= 0.6 is 0 Å². The highest BCUT2D eigenvalue weighted by Crippen LogP contribution is 2.43. The van der Waals surface area contributed by atoms with Crippen LogP contribution in [0.15, 0.2) is 24.3 Å². The average molecular weight is 290 g/mol. The third kappa shape index (κ3) is 2.86. The lowest BCUT2D eigenvalue weighted by molar-refractivity contribution is -1.03. The summed E-state index contributed by atoms with van der Waals surface area (Å²) in [5.41, 5.74) is 1.27. The van der Waals surface area contributed by atoms with Crippen molar-refractivity contribution in [3.05, 3.63) is 35.6 Å². The van der Waals surface area contributed by atoms with E-state index in [1.54, 1.807) is 17.0 Å². The van der Waals surface area contributed by atoms with E-state index in [4.69, 9.17) is 0 Å². The third-order valence-corrected chi connectivity index (χ3v) is 6.23. The first-order chi connectivity index (χ1) is 10.3. The summed E-state index contributed by atoms with van der Waals surface area (Å²) in [6.45, 7) is 6.29. The molecule has 3 atom stereocenters. The normalized spacial score (nSPS) is 38.8. The zero-order chi connectivity index (χ0) is 14.2. The zero-order valence-corrected chi connectivity index (χ0v) is 12.8. The maximum atomic E-state index is 13.0. The molecule has 1 aromatic rings. The lowest BCUT2D eigenvalue weighted by atomic mass is 9.93. The van der Waals surface area contributed by atoms with Crippen LogP contribution in [0, 0.1) is 17.7 Å². The summed E-state index contributed by atoms with van der Waals surface area (Å²) in [7, 11) is 0. The van der Waals surface area contributed by atoms with Gasteiger partial charge in [-0.2, -0.15) is 0 Å². The Morgan fingerprint density at radius 3 is 2.33 bits per heavy atom. The third-order valence-electron chi connectivity index (χ3n) is 6.23. The van der Waals surface area contributed by atoms with Crippen LogP contribution in [-0.4, -0.2) is 32.2 Å². The Labute approximate surface area is 126 Å². The van der Waals surface area contributed by atoms with E-state index in [9.17, 15) is 4.39 Å². The lowest BCUT2D eigenvalue weighted by Crippen LogP contribution is -3.29. The maximum Gasteiger partial charge on any atom is 0.127 e. The molecule has 0 amide bonds. The summed E-state index contributed by atoms with van der Waals surface area (Å²) in [6.07, 6.45) is 6.05. The van der Waals surface area contributed by atoms with Gasteiger partial charge in [0.2, 0.25) is 0 Å². The predicted molar refractivity (Wildman–Crippen MR) is 80.7 cm³/mol. The van der Waals surface area contributed by atoms with Crippen molar-refractivity contribution in [1.29, 1.82) is 0 Å². The highest BCUT2D eigenvalue weighted by molar-refractivity contribution is 5.14. The first kappa shape index (κ1) is 13.7. The van der Waals surface area contributed by atoms with Gasteiger partial charge in [-0.15, -0.1) is 0 Å². The standard InChI is InChI=1S/C18H25FN2/c19-17-5-2-14(3-6-17)13-20-7-9-21(10-8-20)18-12-15-1-4-16(18)11-15/h2-3,5-6,15-16,18H,1,4,7-13H2/p+2/t15-,16+,18-/m0/s1. The molecular formula is C18H27FN2+2. The predicted octanol–water partition coefficient (Wildman–Crippen LogP) is 0.298. The molecule has 4 rings (SSSR count). The molecular weight excluding hydrogens is 263 g/mol. The van der Waals surface area contributed by atoms with E-state index >= 15 is 0 Å². The summed E-state index contributed by atoms with van der Waals surface area (Å²) in [6, 6.07) is 8.04. The molecule has 0 spiro atoms. The number of benzene rings is 1. The Bertz CT molecular complexity index is 478. The molecule has 1 aliphatic heterocycles. The van der Waals surface area contributed by atoms with Crippen molar-refractivity contribution in [1.82, 2.24) is 0 Å². The molecule has 3 heteroatoms. The molecule has 1 heterocycles. The van der Waals surface area contributed by atoms with Gasteiger partial charge in [0.05, 0.1) is 6.04 Å². The molecule has 2 N–H and O–H groups in total. The number of quaternary nitrogens is 2. The number of hydrogen-bond donors (Lipinski definition) is 2. The van der Waals surface area contributed by atoms with Gasteiger partial charge in [-0.25, -0.2) is 4.39 Å². The van der Waals surface area contributed by atoms with E-state index in [1.165, 1.54) is 57.4 Å². The van der Waals surface area contributed by atoms with Gasteiger partial charge in [0.15, 0.2) is 0 Å². The number of rotatable bonds is 3. The minimum absolute atomic E-state index is 0.126. The first-order valence-corrected chi connectivity index (χ1v) is 8.70. The zero-order valence-electron chi connectivity index (χ0n) is 12.8. The molecule has 114 valence electrons. The smallest absolute Gasteiger partial charge is 0.127 e. The summed E-state index contributed by atoms with van der Waals surface area (Å²) in [5, 5.41) is 0. The van der Waals surface area contributed by atoms with Gasteiger partial charge >= 0.3 is 0 Å². The quantitative estimate of drug-likeness (QED) is 0.792. The van der Waals surface area contributed by atoms with Crippen LogP contribution in [0.3, 0.4) is 0 Å². The molecule has 2 bridgehead atoms. The van der Waals surface area contributed by atoms with Crippen LogP contribution in [0.25, 0.3) is 0 Å². The lowest BCUT2D eigenvalue weighted by Gasteiger charge is -2.36. The Morgan fingerprint density at radius 1 is 0.952 bits per heavy atom. The topological polar surface area (TPSA) is 8.88 Å². The van der Waals surface area contributed by atoms with E-state index < -0.39 is 0 Å². The molecule has 1 saturated heterocycles. The SMILES string of the molecule is Fc1ccc(C[NH+]2CC[NH+]([C@H]3C[C@H]4CC[C@@H]3C4)CC2)cc1. The van der Waals surface area contributed by atoms with Crippen molar-refractivity contribution in [2.45, 2.75) is 38.3 Å². The summed E-state index contributed by atoms with van der Waals surface area (Å²) in [4.78, 5) is 3.57. The number of hydrogen-bond acceptors (Lipinski definition) is 0. The highest BCUT2D eigenvalue weighted by Gasteiger charge is 2.45. The minimum atomic E-state index is -0.126. The number of fused-ring (bicyclic) bond motifs is 2. The van der Waals surface area contributed by atoms with Gasteiger partial charge in [0.25, 0.3) is 0 Å². The second-order valence-electron chi connectivity index (χ2n) is 7.49. The number of nitrogens with one attached hydrogen (secondary N) is 2. The molecule has 1 aromatic carbocycles. The van der Waals surface area contributed by atoms with Crippen molar-refractivity contribution in [3.8, 4) is 0 Å². The second-order valence-corrected chi connectivity index (χ2v) is 7.49. The molecule has 0 aromatic heterocycles. The van der Waals surface area contributed by atoms with Gasteiger partial charge in [0, 0.05) is 17.9 Å². The molecule has 2 aliphatic carbocycles. The summed E-state index contributed by atoms with van der Waals surface area (Å²) in [5.74, 6) is 1.99.